The minimum atomic E-state index is -0.524. The highest BCUT2D eigenvalue weighted by atomic mass is 16.6. The van der Waals surface area contributed by atoms with Gasteiger partial charge in [0.2, 0.25) is 11.6 Å². The van der Waals surface area contributed by atoms with Gasteiger partial charge in [-0.1, -0.05) is 29.8 Å². The number of nitro groups is 1. The molecular weight excluding hydrogens is 358 g/mol. The van der Waals surface area contributed by atoms with Crippen molar-refractivity contribution in [3.8, 4) is 0 Å². The van der Waals surface area contributed by atoms with Crippen LogP contribution in [0.15, 0.2) is 54.9 Å². The van der Waals surface area contributed by atoms with E-state index in [9.17, 15) is 14.9 Å². The highest BCUT2D eigenvalue weighted by molar-refractivity contribution is 5.94. The minimum absolute atomic E-state index is 0.0536. The first kappa shape index (κ1) is 19.0. The fourth-order valence-electron chi connectivity index (χ4n) is 2.59. The van der Waals surface area contributed by atoms with Crippen molar-refractivity contribution < 1.29 is 9.72 Å². The lowest BCUT2D eigenvalue weighted by Gasteiger charge is -2.10. The predicted molar refractivity (Wildman–Crippen MR) is 107 cm³/mol. The molecule has 28 heavy (non-hydrogen) atoms. The van der Waals surface area contributed by atoms with Crippen molar-refractivity contribution in [3.63, 3.8) is 0 Å². The van der Waals surface area contributed by atoms with E-state index >= 15 is 0 Å². The first-order chi connectivity index (χ1) is 13.4. The molecule has 8 heteroatoms. The number of carbonyl (C=O) groups is 1. The molecule has 0 amide bonds. The van der Waals surface area contributed by atoms with Crippen LogP contribution in [0.2, 0.25) is 0 Å². The fourth-order valence-corrected chi connectivity index (χ4v) is 2.59. The van der Waals surface area contributed by atoms with Gasteiger partial charge in [-0.15, -0.1) is 0 Å². The third kappa shape index (κ3) is 4.47. The predicted octanol–water partition coefficient (Wildman–Crippen LogP) is 4.25. The van der Waals surface area contributed by atoms with Gasteiger partial charge < -0.3 is 10.6 Å². The molecule has 3 aromatic rings. The molecule has 0 aliphatic carbocycles. The first-order valence-electron chi connectivity index (χ1n) is 8.61. The van der Waals surface area contributed by atoms with Crippen LogP contribution in [0.1, 0.15) is 28.4 Å². The number of aromatic nitrogens is 2. The number of hydrogen-bond acceptors (Lipinski definition) is 7. The van der Waals surface area contributed by atoms with Gasteiger partial charge in [-0.25, -0.2) is 9.97 Å². The lowest BCUT2D eigenvalue weighted by Crippen LogP contribution is -2.08. The lowest BCUT2D eigenvalue weighted by atomic mass is 10.1. The van der Waals surface area contributed by atoms with E-state index in [0.717, 1.165) is 11.1 Å². The van der Waals surface area contributed by atoms with Crippen LogP contribution in [-0.4, -0.2) is 20.7 Å². The van der Waals surface area contributed by atoms with Crippen LogP contribution in [0.25, 0.3) is 0 Å². The number of ketones is 1. The summed E-state index contributed by atoms with van der Waals surface area (Å²) in [5.41, 5.74) is 3.01. The van der Waals surface area contributed by atoms with Crippen LogP contribution in [0.4, 0.5) is 23.0 Å². The Morgan fingerprint density at radius 2 is 1.68 bits per heavy atom. The van der Waals surface area contributed by atoms with Crippen LogP contribution in [0.3, 0.4) is 0 Å². The monoisotopic (exact) mass is 377 g/mol. The molecule has 0 aliphatic rings. The van der Waals surface area contributed by atoms with Crippen molar-refractivity contribution in [1.82, 2.24) is 9.97 Å². The second-order valence-electron chi connectivity index (χ2n) is 6.27. The number of nitrogens with zero attached hydrogens (tertiary/aromatic N) is 3. The summed E-state index contributed by atoms with van der Waals surface area (Å²) >= 11 is 0. The van der Waals surface area contributed by atoms with Crippen molar-refractivity contribution in [2.75, 3.05) is 10.6 Å². The minimum Gasteiger partial charge on any atom is -0.360 e. The molecule has 1 aromatic heterocycles. The van der Waals surface area contributed by atoms with Crippen molar-refractivity contribution >= 4 is 28.8 Å². The molecule has 142 valence electrons. The normalized spacial score (nSPS) is 10.4. The number of carbonyl (C=O) groups excluding carboxylic acids is 1. The number of rotatable bonds is 7. The Balaban J connectivity index is 1.83. The zero-order valence-electron chi connectivity index (χ0n) is 15.5. The molecule has 0 atom stereocenters. The SMILES string of the molecule is CC(=O)c1ccc(Nc2ncnc(NCc3ccc(C)cc3)c2[N+](=O)[O-])cc1. The van der Waals surface area contributed by atoms with E-state index in [1.807, 2.05) is 31.2 Å². The molecule has 3 rings (SSSR count). The van der Waals surface area contributed by atoms with Crippen molar-refractivity contribution in [3.05, 3.63) is 81.7 Å². The van der Waals surface area contributed by atoms with Crippen LogP contribution in [0.5, 0.6) is 0 Å². The van der Waals surface area contributed by atoms with Gasteiger partial charge in [0.05, 0.1) is 4.92 Å². The van der Waals surface area contributed by atoms with Gasteiger partial charge in [0.1, 0.15) is 6.33 Å². The molecule has 0 aliphatic heterocycles. The lowest BCUT2D eigenvalue weighted by molar-refractivity contribution is -0.383. The zero-order chi connectivity index (χ0) is 20.1. The van der Waals surface area contributed by atoms with Gasteiger partial charge in [0, 0.05) is 17.8 Å². The van der Waals surface area contributed by atoms with Crippen LogP contribution in [-0.2, 0) is 6.54 Å². The van der Waals surface area contributed by atoms with Crippen LogP contribution < -0.4 is 10.6 Å². The van der Waals surface area contributed by atoms with Crippen LogP contribution >= 0.6 is 0 Å². The Hall–Kier alpha value is -3.81. The van der Waals surface area contributed by atoms with Gasteiger partial charge >= 0.3 is 5.69 Å². The van der Waals surface area contributed by atoms with E-state index in [-0.39, 0.29) is 23.1 Å². The van der Waals surface area contributed by atoms with Gasteiger partial charge in [-0.05, 0) is 43.7 Å². The number of aryl methyl sites for hydroxylation is 1. The molecule has 0 unspecified atom stereocenters. The van der Waals surface area contributed by atoms with Gasteiger partial charge in [0.25, 0.3) is 0 Å². The van der Waals surface area contributed by atoms with Crippen molar-refractivity contribution in [2.24, 2.45) is 0 Å². The van der Waals surface area contributed by atoms with E-state index < -0.39 is 4.92 Å². The Morgan fingerprint density at radius 1 is 1.04 bits per heavy atom. The summed E-state index contributed by atoms with van der Waals surface area (Å²) < 4.78 is 0. The third-order valence-electron chi connectivity index (χ3n) is 4.14. The molecule has 0 radical (unpaired) electrons. The molecule has 8 nitrogen and oxygen atoms in total. The molecule has 2 N–H and O–H groups in total. The van der Waals surface area contributed by atoms with Gasteiger partial charge in [0.15, 0.2) is 5.78 Å². The molecule has 0 spiro atoms. The smallest absolute Gasteiger partial charge is 0.353 e. The number of benzene rings is 2. The summed E-state index contributed by atoms with van der Waals surface area (Å²) in [7, 11) is 0. The Kier molecular flexibility index (Phi) is 5.59. The van der Waals surface area contributed by atoms with E-state index in [1.165, 1.54) is 13.3 Å². The fraction of sp³-hybridized carbons (Fsp3) is 0.150. The average molecular weight is 377 g/mol. The summed E-state index contributed by atoms with van der Waals surface area (Å²) in [6, 6.07) is 14.5. The highest BCUT2D eigenvalue weighted by Gasteiger charge is 2.23. The van der Waals surface area contributed by atoms with Crippen molar-refractivity contribution in [2.45, 2.75) is 20.4 Å². The Bertz CT molecular complexity index is 1000. The second-order valence-corrected chi connectivity index (χ2v) is 6.27. The molecule has 0 saturated heterocycles. The van der Waals surface area contributed by atoms with Gasteiger partial charge in [-0.3, -0.25) is 14.9 Å². The van der Waals surface area contributed by atoms with E-state index in [2.05, 4.69) is 20.6 Å². The third-order valence-corrected chi connectivity index (χ3v) is 4.14. The van der Waals surface area contributed by atoms with Crippen molar-refractivity contribution in [1.29, 1.82) is 0 Å². The highest BCUT2D eigenvalue weighted by Crippen LogP contribution is 2.31. The quantitative estimate of drug-likeness (QED) is 0.360. The first-order valence-corrected chi connectivity index (χ1v) is 8.61. The Labute approximate surface area is 161 Å². The molecule has 1 heterocycles. The Morgan fingerprint density at radius 3 is 2.29 bits per heavy atom. The number of Topliss-reactive ketones (excluding diaryl/α,β-unsaturated/α-hetero) is 1. The molecular formula is C20H19N5O3. The number of hydrogen-bond donors (Lipinski definition) is 2. The summed E-state index contributed by atoms with van der Waals surface area (Å²) in [6.07, 6.45) is 1.26. The van der Waals surface area contributed by atoms with E-state index in [0.29, 0.717) is 17.8 Å². The van der Waals surface area contributed by atoms with E-state index in [1.54, 1.807) is 24.3 Å². The largest absolute Gasteiger partial charge is 0.360 e. The summed E-state index contributed by atoms with van der Waals surface area (Å²) in [6.45, 7) is 3.86. The molecule has 2 aromatic carbocycles. The molecule has 0 bridgehead atoms. The summed E-state index contributed by atoms with van der Waals surface area (Å²) in [5.74, 6) is 0.146. The molecule has 0 fully saturated rings. The maximum Gasteiger partial charge on any atom is 0.353 e. The zero-order valence-corrected chi connectivity index (χ0v) is 15.5. The average Bonchev–Trinajstić information content (AvgIpc) is 2.68. The van der Waals surface area contributed by atoms with E-state index in [4.69, 9.17) is 0 Å². The maximum absolute atomic E-state index is 11.6. The molecule has 0 saturated carbocycles. The summed E-state index contributed by atoms with van der Waals surface area (Å²) in [5, 5.41) is 17.6. The number of nitrogens with one attached hydrogen (secondary N) is 2. The van der Waals surface area contributed by atoms with Crippen LogP contribution in [0, 0.1) is 17.0 Å². The van der Waals surface area contributed by atoms with Gasteiger partial charge in [-0.2, -0.15) is 0 Å². The summed E-state index contributed by atoms with van der Waals surface area (Å²) in [4.78, 5) is 30.5. The number of anilines is 3. The second kappa shape index (κ2) is 8.26. The topological polar surface area (TPSA) is 110 Å². The standard InChI is InChI=1S/C20H19N5O3/c1-13-3-5-15(6-4-13)11-21-19-18(25(27)28)20(23-12-22-19)24-17-9-7-16(8-10-17)14(2)26/h3-10,12H,11H2,1-2H3,(H2,21,22,23,24). The maximum atomic E-state index is 11.6.